The van der Waals surface area contributed by atoms with Crippen LogP contribution in [0.2, 0.25) is 5.02 Å². The maximum Gasteiger partial charge on any atom is 0.319 e. The monoisotopic (exact) mass is 654 g/mol. The Kier molecular flexibility index (Phi) is 8.60. The van der Waals surface area contributed by atoms with E-state index in [1.54, 1.807) is 0 Å². The molecule has 0 unspecified atom stereocenters. The number of hydrogen-bond donors (Lipinski definition) is 0. The third-order valence-electron chi connectivity index (χ3n) is 9.64. The second kappa shape index (κ2) is 13.0. The van der Waals surface area contributed by atoms with Gasteiger partial charge in [-0.25, -0.2) is 4.39 Å². The molecule has 3 aliphatic heterocycles. The summed E-state index contributed by atoms with van der Waals surface area (Å²) < 4.78 is 26.7. The normalized spacial score (nSPS) is 19.8. The van der Waals surface area contributed by atoms with Gasteiger partial charge >= 0.3 is 6.01 Å². The predicted molar refractivity (Wildman–Crippen MR) is 181 cm³/mol. The first-order valence-corrected chi connectivity index (χ1v) is 16.5. The zero-order valence-electron chi connectivity index (χ0n) is 26.3. The van der Waals surface area contributed by atoms with Gasteiger partial charge in [-0.1, -0.05) is 42.4 Å². The van der Waals surface area contributed by atoms with E-state index >= 15 is 0 Å². The molecule has 0 bridgehead atoms. The second-order valence-electron chi connectivity index (χ2n) is 12.5. The van der Waals surface area contributed by atoms with Crippen molar-refractivity contribution in [3.05, 3.63) is 65.5 Å². The van der Waals surface area contributed by atoms with Gasteiger partial charge in [-0.15, -0.1) is 0 Å². The van der Waals surface area contributed by atoms with Gasteiger partial charge in [-0.05, 0) is 79.4 Å². The summed E-state index contributed by atoms with van der Waals surface area (Å²) in [4.78, 5) is 28.3. The Balaban J connectivity index is 1.39. The number of likely N-dealkylation sites (tertiary alicyclic amines) is 1. The van der Waals surface area contributed by atoms with Gasteiger partial charge in [-0.2, -0.15) is 15.2 Å². The van der Waals surface area contributed by atoms with Gasteiger partial charge in [0.2, 0.25) is 0 Å². The van der Waals surface area contributed by atoms with Crippen LogP contribution in [-0.2, 0) is 11.2 Å². The van der Waals surface area contributed by atoms with Crippen LogP contribution in [0.5, 0.6) is 11.8 Å². The molecule has 4 heterocycles. The second-order valence-corrected chi connectivity index (χ2v) is 13.0. The minimum atomic E-state index is -1.04. The quantitative estimate of drug-likeness (QED) is 0.214. The molecule has 0 N–H and O–H groups in total. The summed E-state index contributed by atoms with van der Waals surface area (Å²) in [5.41, 5.74) is 3.80. The standard InChI is InChI=1S/C36H36ClFN6O3/c1-22(38)35(45)44-16-15-43(20-25(44)12-13-39)34-32-31(40-36(41-34)47-21-26-7-4-14-42(26)2)19-30(28-9-5-17-46-33(28)32)27-8-3-6-23-10-11-24(37)18-29(23)27/h3,6,8,10-11,18-19,25-26H,1,4-5,7,9,12,14-17,20-21H2,2H3/t25-,26-/m0/s1. The molecule has 1 aromatic heterocycles. The molecule has 2 fully saturated rings. The van der Waals surface area contributed by atoms with Gasteiger partial charge in [0.1, 0.15) is 18.2 Å². The number of nitrogens with zero attached hydrogens (tertiary/aromatic N) is 6. The van der Waals surface area contributed by atoms with Crippen LogP contribution in [0.4, 0.5) is 10.2 Å². The van der Waals surface area contributed by atoms with Crippen molar-refractivity contribution in [1.29, 1.82) is 5.26 Å². The molecule has 2 saturated heterocycles. The first-order chi connectivity index (χ1) is 22.8. The van der Waals surface area contributed by atoms with Gasteiger partial charge in [0, 0.05) is 36.3 Å². The zero-order chi connectivity index (χ0) is 32.7. The van der Waals surface area contributed by atoms with Crippen molar-refractivity contribution in [2.75, 3.05) is 51.3 Å². The molecule has 4 aromatic rings. The number of nitriles is 1. The molecule has 0 aliphatic carbocycles. The summed E-state index contributed by atoms with van der Waals surface area (Å²) in [7, 11) is 2.10. The van der Waals surface area contributed by atoms with E-state index in [1.807, 2.05) is 29.2 Å². The van der Waals surface area contributed by atoms with E-state index in [1.165, 1.54) is 4.90 Å². The van der Waals surface area contributed by atoms with Gasteiger partial charge in [0.25, 0.3) is 5.91 Å². The first kappa shape index (κ1) is 31.2. The fraction of sp³-hybridized carbons (Fsp3) is 0.389. The van der Waals surface area contributed by atoms with E-state index < -0.39 is 17.8 Å². The number of ether oxygens (including phenoxy) is 2. The topological polar surface area (TPSA) is 94.8 Å². The number of aromatic nitrogens is 2. The average molecular weight is 655 g/mol. The van der Waals surface area contributed by atoms with Crippen molar-refractivity contribution in [1.82, 2.24) is 19.8 Å². The molecule has 3 aromatic carbocycles. The van der Waals surface area contributed by atoms with Crippen molar-refractivity contribution in [2.45, 2.75) is 44.2 Å². The van der Waals surface area contributed by atoms with Crippen molar-refractivity contribution < 1.29 is 18.7 Å². The highest BCUT2D eigenvalue weighted by molar-refractivity contribution is 6.31. The highest BCUT2D eigenvalue weighted by Gasteiger charge is 2.35. The molecule has 47 heavy (non-hydrogen) atoms. The molecule has 11 heteroatoms. The van der Waals surface area contributed by atoms with Crippen molar-refractivity contribution in [3.8, 4) is 29.0 Å². The van der Waals surface area contributed by atoms with E-state index in [2.05, 4.69) is 42.8 Å². The molecule has 1 amide bonds. The van der Waals surface area contributed by atoms with E-state index in [9.17, 15) is 14.4 Å². The molecule has 2 atom stereocenters. The summed E-state index contributed by atoms with van der Waals surface area (Å²) in [6.07, 6.45) is 3.86. The van der Waals surface area contributed by atoms with E-state index in [-0.39, 0.29) is 31.6 Å². The molecule has 0 spiro atoms. The Bertz CT molecular complexity index is 1930. The molecular weight excluding hydrogens is 619 g/mol. The lowest BCUT2D eigenvalue weighted by Crippen LogP contribution is -2.55. The number of likely N-dealkylation sites (N-methyl/N-ethyl adjacent to an activating group) is 1. The van der Waals surface area contributed by atoms with Crippen LogP contribution in [0, 0.1) is 11.3 Å². The average Bonchev–Trinajstić information content (AvgIpc) is 3.50. The maximum absolute atomic E-state index is 14.0. The number of anilines is 1. The summed E-state index contributed by atoms with van der Waals surface area (Å²) >= 11 is 6.48. The fourth-order valence-electron chi connectivity index (χ4n) is 7.22. The van der Waals surface area contributed by atoms with Crippen LogP contribution in [0.3, 0.4) is 0 Å². The Morgan fingerprint density at radius 1 is 1.15 bits per heavy atom. The number of rotatable bonds is 7. The van der Waals surface area contributed by atoms with Gasteiger partial charge in [0.05, 0.1) is 36.0 Å². The highest BCUT2D eigenvalue weighted by Crippen LogP contribution is 2.46. The van der Waals surface area contributed by atoms with Crippen molar-refractivity contribution >= 4 is 45.0 Å². The van der Waals surface area contributed by atoms with Gasteiger partial charge in [-0.3, -0.25) is 4.79 Å². The Hall–Kier alpha value is -4.46. The van der Waals surface area contributed by atoms with Crippen LogP contribution >= 0.6 is 11.6 Å². The number of amides is 1. The van der Waals surface area contributed by atoms with Crippen LogP contribution in [0.15, 0.2) is 54.9 Å². The Morgan fingerprint density at radius 2 is 2.02 bits per heavy atom. The summed E-state index contributed by atoms with van der Waals surface area (Å²) in [6, 6.07) is 16.4. The number of hydrogen-bond acceptors (Lipinski definition) is 8. The SMILES string of the molecule is C=C(F)C(=O)N1CCN(c2nc(OC[C@@H]3CCCN3C)nc3cc(-c4cccc5ccc(Cl)cc45)c4c(c23)OCCC4)C[C@@H]1CC#N. The molecule has 0 radical (unpaired) electrons. The highest BCUT2D eigenvalue weighted by atomic mass is 35.5. The molecule has 0 saturated carbocycles. The van der Waals surface area contributed by atoms with Gasteiger partial charge in [0.15, 0.2) is 5.83 Å². The largest absolute Gasteiger partial charge is 0.492 e. The van der Waals surface area contributed by atoms with Crippen molar-refractivity contribution in [2.24, 2.45) is 0 Å². The molecule has 7 rings (SSSR count). The van der Waals surface area contributed by atoms with Crippen LogP contribution in [0.25, 0.3) is 32.8 Å². The summed E-state index contributed by atoms with van der Waals surface area (Å²) in [6.45, 7) is 6.09. The molecular formula is C36H36ClFN6O3. The number of benzene rings is 3. The lowest BCUT2D eigenvalue weighted by molar-refractivity contribution is -0.131. The summed E-state index contributed by atoms with van der Waals surface area (Å²) in [5, 5.41) is 13.2. The van der Waals surface area contributed by atoms with Crippen molar-refractivity contribution in [3.63, 3.8) is 0 Å². The summed E-state index contributed by atoms with van der Waals surface area (Å²) in [5.74, 6) is -0.481. The number of piperazine rings is 1. The third-order valence-corrected chi connectivity index (χ3v) is 9.87. The molecule has 3 aliphatic rings. The minimum Gasteiger partial charge on any atom is -0.492 e. The van der Waals surface area contributed by atoms with E-state index in [0.29, 0.717) is 36.1 Å². The smallest absolute Gasteiger partial charge is 0.319 e. The number of fused-ring (bicyclic) bond motifs is 4. The van der Waals surface area contributed by atoms with E-state index in [0.717, 1.165) is 70.8 Å². The van der Waals surface area contributed by atoms with Crippen LogP contribution in [0.1, 0.15) is 31.2 Å². The third kappa shape index (κ3) is 5.94. The molecule has 9 nitrogen and oxygen atoms in total. The minimum absolute atomic E-state index is 0.0400. The lowest BCUT2D eigenvalue weighted by atomic mass is 9.89. The van der Waals surface area contributed by atoms with Crippen LogP contribution < -0.4 is 14.4 Å². The first-order valence-electron chi connectivity index (χ1n) is 16.1. The Labute approximate surface area is 278 Å². The predicted octanol–water partition coefficient (Wildman–Crippen LogP) is 6.32. The maximum atomic E-state index is 14.0. The lowest BCUT2D eigenvalue weighted by Gasteiger charge is -2.41. The van der Waals surface area contributed by atoms with E-state index in [4.69, 9.17) is 31.0 Å². The number of halogens is 2. The fourth-order valence-corrected chi connectivity index (χ4v) is 7.39. The van der Waals surface area contributed by atoms with Gasteiger partial charge < -0.3 is 24.2 Å². The Morgan fingerprint density at radius 3 is 2.81 bits per heavy atom. The zero-order valence-corrected chi connectivity index (χ0v) is 27.1. The van der Waals surface area contributed by atoms with Crippen LogP contribution in [-0.4, -0.2) is 84.2 Å². The number of carbonyl (C=O) groups excluding carboxylic acids is 1. The number of carbonyl (C=O) groups is 1. The molecule has 242 valence electrons.